The minimum atomic E-state index is -1.26. The molecular weight excluding hydrogens is 471 g/mol. The fraction of sp³-hybridized carbons (Fsp3) is 0.217. The SMILES string of the molecule is CN1CCN(C2=Cc3ccccc3Sc3cc(Cl)c(Cl)cc32)CC1.O=C(O)/C=C/C(=O)O. The Balaban J connectivity index is 0.000000312. The summed E-state index contributed by atoms with van der Waals surface area (Å²) in [6, 6.07) is 12.5. The Morgan fingerprint density at radius 2 is 1.53 bits per heavy atom. The van der Waals surface area contributed by atoms with E-state index in [0.717, 1.165) is 26.2 Å². The zero-order chi connectivity index (χ0) is 23.3. The molecule has 0 bridgehead atoms. The van der Waals surface area contributed by atoms with Crippen LogP contribution < -0.4 is 0 Å². The maximum atomic E-state index is 9.55. The number of benzene rings is 2. The van der Waals surface area contributed by atoms with Crippen molar-refractivity contribution in [1.29, 1.82) is 0 Å². The quantitative estimate of drug-likeness (QED) is 0.588. The summed E-state index contributed by atoms with van der Waals surface area (Å²) >= 11 is 14.4. The van der Waals surface area contributed by atoms with E-state index in [9.17, 15) is 9.59 Å². The number of carboxylic acids is 2. The third kappa shape index (κ3) is 6.29. The average Bonchev–Trinajstić information content (AvgIpc) is 2.90. The highest BCUT2D eigenvalue weighted by atomic mass is 35.5. The summed E-state index contributed by atoms with van der Waals surface area (Å²) in [7, 11) is 2.18. The number of rotatable bonds is 3. The van der Waals surface area contributed by atoms with Crippen LogP contribution in [0.4, 0.5) is 0 Å². The predicted molar refractivity (Wildman–Crippen MR) is 128 cm³/mol. The monoisotopic (exact) mass is 492 g/mol. The summed E-state index contributed by atoms with van der Waals surface area (Å²) in [5.74, 6) is -2.51. The maximum Gasteiger partial charge on any atom is 0.328 e. The average molecular weight is 493 g/mol. The van der Waals surface area contributed by atoms with Crippen LogP contribution in [0.2, 0.25) is 10.0 Å². The molecule has 0 radical (unpaired) electrons. The zero-order valence-corrected chi connectivity index (χ0v) is 19.6. The lowest BCUT2D eigenvalue weighted by Gasteiger charge is -2.36. The van der Waals surface area contributed by atoms with Gasteiger partial charge in [0.15, 0.2) is 0 Å². The van der Waals surface area contributed by atoms with Gasteiger partial charge in [0, 0.05) is 59.4 Å². The van der Waals surface area contributed by atoms with Crippen LogP contribution in [0.3, 0.4) is 0 Å². The highest BCUT2D eigenvalue weighted by Crippen LogP contribution is 2.44. The minimum absolute atomic E-state index is 0.558. The first-order valence-corrected chi connectivity index (χ1v) is 11.4. The van der Waals surface area contributed by atoms with Crippen LogP contribution in [0, 0.1) is 0 Å². The van der Waals surface area contributed by atoms with Gasteiger partial charge in [0.1, 0.15) is 0 Å². The van der Waals surface area contributed by atoms with Gasteiger partial charge in [-0.25, -0.2) is 9.59 Å². The molecule has 0 aromatic heterocycles. The molecule has 2 aromatic carbocycles. The molecule has 0 amide bonds. The summed E-state index contributed by atoms with van der Waals surface area (Å²) in [6.45, 7) is 4.19. The first-order valence-electron chi connectivity index (χ1n) is 9.80. The van der Waals surface area contributed by atoms with E-state index in [1.54, 1.807) is 11.8 Å². The number of nitrogens with zero attached hydrogens (tertiary/aromatic N) is 2. The second-order valence-corrected chi connectivity index (χ2v) is 9.13. The van der Waals surface area contributed by atoms with Crippen molar-refractivity contribution in [2.24, 2.45) is 0 Å². The van der Waals surface area contributed by atoms with E-state index < -0.39 is 11.9 Å². The molecule has 168 valence electrons. The molecular formula is C23H22Cl2N2O4S. The molecule has 0 atom stereocenters. The number of likely N-dealkylation sites (N-methyl/N-ethyl adjacent to an activating group) is 1. The normalized spacial score (nSPS) is 15.7. The van der Waals surface area contributed by atoms with E-state index in [4.69, 9.17) is 33.4 Å². The molecule has 2 heterocycles. The number of hydrogen-bond acceptors (Lipinski definition) is 5. The maximum absolute atomic E-state index is 9.55. The van der Waals surface area contributed by atoms with Gasteiger partial charge in [-0.05, 0) is 36.9 Å². The van der Waals surface area contributed by atoms with Crippen molar-refractivity contribution in [3.05, 3.63) is 69.7 Å². The van der Waals surface area contributed by atoms with E-state index in [1.807, 2.05) is 12.1 Å². The molecule has 4 rings (SSSR count). The van der Waals surface area contributed by atoms with E-state index in [0.29, 0.717) is 22.2 Å². The van der Waals surface area contributed by atoms with Gasteiger partial charge in [0.25, 0.3) is 0 Å². The number of carboxylic acid groups (broad SMARTS) is 2. The molecule has 6 nitrogen and oxygen atoms in total. The molecule has 1 saturated heterocycles. The fourth-order valence-electron chi connectivity index (χ4n) is 3.30. The van der Waals surface area contributed by atoms with Gasteiger partial charge in [-0.3, -0.25) is 0 Å². The number of hydrogen-bond donors (Lipinski definition) is 2. The van der Waals surface area contributed by atoms with Gasteiger partial charge in [-0.2, -0.15) is 0 Å². The topological polar surface area (TPSA) is 81.1 Å². The molecule has 0 saturated carbocycles. The number of piperazine rings is 1. The number of aliphatic carboxylic acids is 2. The zero-order valence-electron chi connectivity index (χ0n) is 17.3. The molecule has 0 aliphatic carbocycles. The lowest BCUT2D eigenvalue weighted by molar-refractivity contribution is -0.134. The molecule has 2 aliphatic rings. The number of carbonyl (C=O) groups is 2. The summed E-state index contributed by atoms with van der Waals surface area (Å²) in [5.41, 5.74) is 3.67. The van der Waals surface area contributed by atoms with Crippen LogP contribution in [-0.4, -0.2) is 65.2 Å². The van der Waals surface area contributed by atoms with Crippen LogP contribution in [0.5, 0.6) is 0 Å². The van der Waals surface area contributed by atoms with E-state index in [2.05, 4.69) is 47.2 Å². The smallest absolute Gasteiger partial charge is 0.328 e. The third-order valence-corrected chi connectivity index (χ3v) is 6.81. The fourth-order valence-corrected chi connectivity index (χ4v) is 4.77. The van der Waals surface area contributed by atoms with Crippen molar-refractivity contribution in [3.8, 4) is 0 Å². The summed E-state index contributed by atoms with van der Waals surface area (Å²) in [5, 5.41) is 16.8. The number of fused-ring (bicyclic) bond motifs is 2. The third-order valence-electron chi connectivity index (χ3n) is 4.94. The second-order valence-electron chi connectivity index (χ2n) is 7.23. The summed E-state index contributed by atoms with van der Waals surface area (Å²) in [4.78, 5) is 26.4. The van der Waals surface area contributed by atoms with Crippen LogP contribution in [-0.2, 0) is 9.59 Å². The van der Waals surface area contributed by atoms with Crippen LogP contribution in [0.1, 0.15) is 11.1 Å². The lowest BCUT2D eigenvalue weighted by atomic mass is 10.1. The van der Waals surface area contributed by atoms with E-state index in [-0.39, 0.29) is 0 Å². The van der Waals surface area contributed by atoms with E-state index >= 15 is 0 Å². The van der Waals surface area contributed by atoms with Gasteiger partial charge < -0.3 is 20.0 Å². The van der Waals surface area contributed by atoms with Crippen LogP contribution in [0.25, 0.3) is 11.8 Å². The van der Waals surface area contributed by atoms with Gasteiger partial charge in [0.2, 0.25) is 0 Å². The Morgan fingerprint density at radius 1 is 0.938 bits per heavy atom. The Hall–Kier alpha value is -2.45. The molecule has 2 N–H and O–H groups in total. The van der Waals surface area contributed by atoms with Crippen molar-refractivity contribution >= 4 is 58.7 Å². The molecule has 1 fully saturated rings. The highest BCUT2D eigenvalue weighted by Gasteiger charge is 2.24. The van der Waals surface area contributed by atoms with Crippen molar-refractivity contribution in [2.45, 2.75) is 9.79 Å². The Labute approximate surface area is 200 Å². The molecule has 2 aromatic rings. The largest absolute Gasteiger partial charge is 0.478 e. The predicted octanol–water partition coefficient (Wildman–Crippen LogP) is 4.92. The Bertz CT molecular complexity index is 1060. The minimum Gasteiger partial charge on any atom is -0.478 e. The van der Waals surface area contributed by atoms with E-state index in [1.165, 1.54) is 26.6 Å². The first kappa shape index (κ1) is 24.2. The van der Waals surface area contributed by atoms with Crippen molar-refractivity contribution < 1.29 is 19.8 Å². The molecule has 2 aliphatic heterocycles. The van der Waals surface area contributed by atoms with Crippen molar-refractivity contribution in [1.82, 2.24) is 9.80 Å². The standard InChI is InChI=1S/C19H18Cl2N2S.C4H4O4/c1-22-6-8-23(9-7-22)17-10-13-4-2-3-5-18(13)24-19-12-16(21)15(20)11-14(17)19;5-3(6)1-2-4(7)8/h2-5,10-12H,6-9H2,1H3;1-2H,(H,5,6)(H,7,8)/b;2-1+. The van der Waals surface area contributed by atoms with Gasteiger partial charge >= 0.3 is 11.9 Å². The van der Waals surface area contributed by atoms with Crippen molar-refractivity contribution in [2.75, 3.05) is 33.2 Å². The second kappa shape index (κ2) is 10.9. The summed E-state index contributed by atoms with van der Waals surface area (Å²) in [6.07, 6.45) is 3.41. The molecule has 0 spiro atoms. The van der Waals surface area contributed by atoms with Gasteiger partial charge in [-0.1, -0.05) is 53.2 Å². The Kier molecular flexibility index (Phi) is 8.26. The van der Waals surface area contributed by atoms with Gasteiger partial charge in [-0.15, -0.1) is 0 Å². The molecule has 32 heavy (non-hydrogen) atoms. The van der Waals surface area contributed by atoms with Gasteiger partial charge in [0.05, 0.1) is 10.0 Å². The summed E-state index contributed by atoms with van der Waals surface area (Å²) < 4.78 is 0. The van der Waals surface area contributed by atoms with Crippen LogP contribution >= 0.6 is 35.0 Å². The van der Waals surface area contributed by atoms with Crippen LogP contribution in [0.15, 0.2) is 58.3 Å². The molecule has 9 heteroatoms. The number of halogens is 2. The highest BCUT2D eigenvalue weighted by molar-refractivity contribution is 7.99. The Morgan fingerprint density at radius 3 is 2.16 bits per heavy atom. The lowest BCUT2D eigenvalue weighted by Crippen LogP contribution is -2.43. The molecule has 0 unspecified atom stereocenters. The first-order chi connectivity index (χ1) is 15.2. The van der Waals surface area contributed by atoms with Crippen molar-refractivity contribution in [3.63, 3.8) is 0 Å².